The molecule has 0 saturated carbocycles. The van der Waals surface area contributed by atoms with Crippen molar-refractivity contribution in [1.29, 1.82) is 0 Å². The standard InChI is InChI=1S/C17H22N2O4/c1-11-14(12(2)23-19-11)8-9-16(20)18-10-13-6-5-7-15(21-3)17(13)22-4/h5-7H,8-10H2,1-4H3,(H,18,20). The van der Waals surface area contributed by atoms with Crippen molar-refractivity contribution >= 4 is 5.91 Å². The van der Waals surface area contributed by atoms with Gasteiger partial charge in [-0.3, -0.25) is 4.79 Å². The Kier molecular flexibility index (Phi) is 5.62. The summed E-state index contributed by atoms with van der Waals surface area (Å²) in [7, 11) is 3.17. The summed E-state index contributed by atoms with van der Waals surface area (Å²) in [5.41, 5.74) is 2.71. The molecule has 2 rings (SSSR count). The molecule has 0 aliphatic heterocycles. The van der Waals surface area contributed by atoms with Crippen molar-refractivity contribution in [2.24, 2.45) is 0 Å². The Morgan fingerprint density at radius 2 is 2.04 bits per heavy atom. The highest BCUT2D eigenvalue weighted by Crippen LogP contribution is 2.30. The van der Waals surface area contributed by atoms with E-state index in [1.807, 2.05) is 32.0 Å². The molecule has 1 amide bonds. The number of ether oxygens (including phenoxy) is 2. The maximum absolute atomic E-state index is 12.1. The van der Waals surface area contributed by atoms with Crippen LogP contribution >= 0.6 is 0 Å². The lowest BCUT2D eigenvalue weighted by molar-refractivity contribution is -0.121. The van der Waals surface area contributed by atoms with E-state index in [4.69, 9.17) is 14.0 Å². The van der Waals surface area contributed by atoms with Crippen LogP contribution in [0, 0.1) is 13.8 Å². The maximum atomic E-state index is 12.1. The van der Waals surface area contributed by atoms with Gasteiger partial charge in [0, 0.05) is 24.1 Å². The zero-order valence-corrected chi connectivity index (χ0v) is 13.9. The molecule has 23 heavy (non-hydrogen) atoms. The van der Waals surface area contributed by atoms with Gasteiger partial charge in [-0.15, -0.1) is 0 Å². The van der Waals surface area contributed by atoms with Crippen molar-refractivity contribution in [3.63, 3.8) is 0 Å². The first-order valence-electron chi connectivity index (χ1n) is 7.45. The Balaban J connectivity index is 1.92. The summed E-state index contributed by atoms with van der Waals surface area (Å²) in [6.45, 7) is 4.13. The Hall–Kier alpha value is -2.50. The highest BCUT2D eigenvalue weighted by atomic mass is 16.5. The molecule has 1 heterocycles. The van der Waals surface area contributed by atoms with Crippen LogP contribution in [-0.2, 0) is 17.8 Å². The second-order valence-corrected chi connectivity index (χ2v) is 5.23. The van der Waals surface area contributed by atoms with Gasteiger partial charge in [-0.1, -0.05) is 17.3 Å². The predicted molar refractivity (Wildman–Crippen MR) is 85.7 cm³/mol. The molecule has 2 aromatic rings. The largest absolute Gasteiger partial charge is 0.493 e. The fraction of sp³-hybridized carbons (Fsp3) is 0.412. The number of nitrogens with one attached hydrogen (secondary N) is 1. The Morgan fingerprint density at radius 3 is 2.65 bits per heavy atom. The number of benzene rings is 1. The van der Waals surface area contributed by atoms with E-state index in [1.54, 1.807) is 14.2 Å². The van der Waals surface area contributed by atoms with Crippen molar-refractivity contribution in [1.82, 2.24) is 10.5 Å². The fourth-order valence-corrected chi connectivity index (χ4v) is 2.47. The van der Waals surface area contributed by atoms with E-state index in [-0.39, 0.29) is 5.91 Å². The summed E-state index contributed by atoms with van der Waals surface area (Å²) in [5.74, 6) is 2.02. The van der Waals surface area contributed by atoms with E-state index in [0.717, 1.165) is 22.6 Å². The third-order valence-electron chi connectivity index (χ3n) is 3.74. The Labute approximate surface area is 135 Å². The van der Waals surface area contributed by atoms with Crippen LogP contribution in [0.3, 0.4) is 0 Å². The molecule has 0 atom stereocenters. The number of methoxy groups -OCH3 is 2. The lowest BCUT2D eigenvalue weighted by Gasteiger charge is -2.13. The average molecular weight is 318 g/mol. The highest BCUT2D eigenvalue weighted by Gasteiger charge is 2.13. The second-order valence-electron chi connectivity index (χ2n) is 5.23. The highest BCUT2D eigenvalue weighted by molar-refractivity contribution is 5.76. The number of hydrogen-bond donors (Lipinski definition) is 1. The molecule has 1 aromatic heterocycles. The summed E-state index contributed by atoms with van der Waals surface area (Å²) in [4.78, 5) is 12.1. The molecular weight excluding hydrogens is 296 g/mol. The van der Waals surface area contributed by atoms with Crippen molar-refractivity contribution in [2.75, 3.05) is 14.2 Å². The minimum Gasteiger partial charge on any atom is -0.493 e. The number of para-hydroxylation sites is 1. The molecule has 0 aliphatic rings. The molecule has 0 bridgehead atoms. The molecule has 0 radical (unpaired) electrons. The number of carbonyl (C=O) groups is 1. The molecule has 1 N–H and O–H groups in total. The van der Waals surface area contributed by atoms with Crippen molar-refractivity contribution in [3.8, 4) is 11.5 Å². The molecule has 6 heteroatoms. The zero-order chi connectivity index (χ0) is 16.8. The first-order valence-corrected chi connectivity index (χ1v) is 7.45. The molecule has 124 valence electrons. The first-order chi connectivity index (χ1) is 11.1. The van der Waals surface area contributed by atoms with Crippen LogP contribution in [0.15, 0.2) is 22.7 Å². The summed E-state index contributed by atoms with van der Waals surface area (Å²) >= 11 is 0. The number of hydrogen-bond acceptors (Lipinski definition) is 5. The van der Waals surface area contributed by atoms with Crippen molar-refractivity contribution < 1.29 is 18.8 Å². The summed E-state index contributed by atoms with van der Waals surface area (Å²) in [5, 5.41) is 6.79. The molecule has 0 saturated heterocycles. The zero-order valence-electron chi connectivity index (χ0n) is 13.9. The van der Waals surface area contributed by atoms with Gasteiger partial charge in [0.1, 0.15) is 5.76 Å². The van der Waals surface area contributed by atoms with Crippen LogP contribution in [0.2, 0.25) is 0 Å². The Bertz CT molecular complexity index is 660. The van der Waals surface area contributed by atoms with Crippen LogP contribution < -0.4 is 14.8 Å². The number of carbonyl (C=O) groups excluding carboxylic acids is 1. The van der Waals surface area contributed by atoms with E-state index in [9.17, 15) is 4.79 Å². The fourth-order valence-electron chi connectivity index (χ4n) is 2.47. The van der Waals surface area contributed by atoms with Crippen LogP contribution in [0.4, 0.5) is 0 Å². The molecule has 0 aliphatic carbocycles. The quantitative estimate of drug-likeness (QED) is 0.849. The van der Waals surface area contributed by atoms with E-state index >= 15 is 0 Å². The van der Waals surface area contributed by atoms with E-state index in [2.05, 4.69) is 10.5 Å². The summed E-state index contributed by atoms with van der Waals surface area (Å²) in [6.07, 6.45) is 0.997. The second kappa shape index (κ2) is 7.67. The normalized spacial score (nSPS) is 10.4. The summed E-state index contributed by atoms with van der Waals surface area (Å²) in [6, 6.07) is 5.59. The lowest BCUT2D eigenvalue weighted by Crippen LogP contribution is -2.23. The van der Waals surface area contributed by atoms with E-state index in [1.165, 1.54) is 0 Å². The Morgan fingerprint density at radius 1 is 1.26 bits per heavy atom. The topological polar surface area (TPSA) is 73.6 Å². The van der Waals surface area contributed by atoms with E-state index in [0.29, 0.717) is 30.9 Å². The predicted octanol–water partition coefficient (Wildman–Crippen LogP) is 2.56. The molecular formula is C17H22N2O4. The van der Waals surface area contributed by atoms with Gasteiger partial charge >= 0.3 is 0 Å². The van der Waals surface area contributed by atoms with Gasteiger partial charge in [-0.2, -0.15) is 0 Å². The SMILES string of the molecule is COc1cccc(CNC(=O)CCc2c(C)noc2C)c1OC. The molecule has 0 spiro atoms. The average Bonchev–Trinajstić information content (AvgIpc) is 2.88. The van der Waals surface area contributed by atoms with Gasteiger partial charge in [-0.05, 0) is 26.3 Å². The monoisotopic (exact) mass is 318 g/mol. The first kappa shape index (κ1) is 16.9. The van der Waals surface area contributed by atoms with Crippen LogP contribution in [0.1, 0.15) is 29.0 Å². The molecule has 0 fully saturated rings. The number of rotatable bonds is 7. The smallest absolute Gasteiger partial charge is 0.220 e. The number of aryl methyl sites for hydroxylation is 2. The van der Waals surface area contributed by atoms with Crippen LogP contribution in [-0.4, -0.2) is 25.3 Å². The van der Waals surface area contributed by atoms with Gasteiger partial charge in [0.05, 0.1) is 19.9 Å². The molecule has 1 aromatic carbocycles. The minimum atomic E-state index is -0.0325. The van der Waals surface area contributed by atoms with Gasteiger partial charge < -0.3 is 19.3 Å². The molecule has 0 unspecified atom stereocenters. The number of nitrogens with zero attached hydrogens (tertiary/aromatic N) is 1. The van der Waals surface area contributed by atoms with Gasteiger partial charge in [0.2, 0.25) is 5.91 Å². The van der Waals surface area contributed by atoms with Gasteiger partial charge in [0.15, 0.2) is 11.5 Å². The van der Waals surface area contributed by atoms with E-state index < -0.39 is 0 Å². The molecule has 6 nitrogen and oxygen atoms in total. The maximum Gasteiger partial charge on any atom is 0.220 e. The third-order valence-corrected chi connectivity index (χ3v) is 3.74. The summed E-state index contributed by atoms with van der Waals surface area (Å²) < 4.78 is 15.7. The van der Waals surface area contributed by atoms with Crippen LogP contribution in [0.25, 0.3) is 0 Å². The van der Waals surface area contributed by atoms with Crippen LogP contribution in [0.5, 0.6) is 11.5 Å². The number of aromatic nitrogens is 1. The minimum absolute atomic E-state index is 0.0325. The van der Waals surface area contributed by atoms with Gasteiger partial charge in [0.25, 0.3) is 0 Å². The third kappa shape index (κ3) is 4.03. The van der Waals surface area contributed by atoms with Crippen molar-refractivity contribution in [2.45, 2.75) is 33.2 Å². The number of amides is 1. The lowest BCUT2D eigenvalue weighted by atomic mass is 10.1. The van der Waals surface area contributed by atoms with Gasteiger partial charge in [-0.25, -0.2) is 0 Å². The van der Waals surface area contributed by atoms with Crippen molar-refractivity contribution in [3.05, 3.63) is 40.8 Å².